The number of nitrogens with zero attached hydrogens (tertiary/aromatic N) is 3. The van der Waals surface area contributed by atoms with Gasteiger partial charge in [0.25, 0.3) is 0 Å². The number of piperidine rings is 1. The highest BCUT2D eigenvalue weighted by Gasteiger charge is 2.25. The van der Waals surface area contributed by atoms with Gasteiger partial charge in [-0.25, -0.2) is 27.0 Å². The summed E-state index contributed by atoms with van der Waals surface area (Å²) in [5.41, 5.74) is 1.20. The van der Waals surface area contributed by atoms with Crippen molar-refractivity contribution in [3.63, 3.8) is 0 Å². The molecule has 42 heavy (non-hydrogen) atoms. The van der Waals surface area contributed by atoms with E-state index in [1.54, 1.807) is 6.07 Å². The number of pyridine rings is 1. The van der Waals surface area contributed by atoms with Crippen LogP contribution < -0.4 is 19.7 Å². The van der Waals surface area contributed by atoms with Gasteiger partial charge in [0.1, 0.15) is 29.0 Å². The van der Waals surface area contributed by atoms with Gasteiger partial charge in [0.15, 0.2) is 0 Å². The first-order valence-electron chi connectivity index (χ1n) is 13.6. The Morgan fingerprint density at radius 3 is 2.36 bits per heavy atom. The van der Waals surface area contributed by atoms with Crippen molar-refractivity contribution in [3.8, 4) is 11.5 Å². The number of amides is 2. The Morgan fingerprint density at radius 2 is 1.76 bits per heavy atom. The second-order valence-electron chi connectivity index (χ2n) is 10.1. The molecular weight excluding hydrogens is 588 g/mol. The maximum atomic E-state index is 14.4. The predicted molar refractivity (Wildman–Crippen MR) is 162 cm³/mol. The second-order valence-corrected chi connectivity index (χ2v) is 11.8. The highest BCUT2D eigenvalue weighted by Crippen LogP contribution is 2.24. The predicted octanol–water partition coefficient (Wildman–Crippen LogP) is 5.93. The zero-order chi connectivity index (χ0) is 29.4. The fourth-order valence-corrected chi connectivity index (χ4v) is 5.08. The SMILES string of the molecule is CCCCN(C(=O)NC1CCN(Cc2ccc(Oc3ccc(NS(C)(=O)=O)nc3)cc2)CC1)c1ccc(F)cc1F.Cl. The lowest BCUT2D eigenvalue weighted by Crippen LogP contribution is -2.49. The molecule has 0 radical (unpaired) electrons. The van der Waals surface area contributed by atoms with Crippen molar-refractivity contribution in [1.82, 2.24) is 15.2 Å². The highest BCUT2D eigenvalue weighted by molar-refractivity contribution is 7.92. The van der Waals surface area contributed by atoms with Crippen molar-refractivity contribution in [2.24, 2.45) is 0 Å². The van der Waals surface area contributed by atoms with Crippen LogP contribution in [-0.2, 0) is 16.6 Å². The first kappa shape index (κ1) is 33.0. The lowest BCUT2D eigenvalue weighted by atomic mass is 10.0. The van der Waals surface area contributed by atoms with Crippen LogP contribution in [0.25, 0.3) is 0 Å². The van der Waals surface area contributed by atoms with E-state index in [-0.39, 0.29) is 36.0 Å². The Labute approximate surface area is 251 Å². The number of sulfonamides is 1. The summed E-state index contributed by atoms with van der Waals surface area (Å²) >= 11 is 0. The maximum Gasteiger partial charge on any atom is 0.322 e. The Balaban J connectivity index is 0.00000484. The molecule has 0 saturated carbocycles. The van der Waals surface area contributed by atoms with E-state index in [1.807, 2.05) is 31.2 Å². The third-order valence-electron chi connectivity index (χ3n) is 6.69. The molecule has 0 aliphatic carbocycles. The van der Waals surface area contributed by atoms with Gasteiger partial charge in [0.05, 0.1) is 18.1 Å². The molecule has 2 aromatic carbocycles. The molecule has 1 fully saturated rings. The number of hydrogen-bond donors (Lipinski definition) is 2. The molecule has 228 valence electrons. The number of rotatable bonds is 11. The molecule has 0 spiro atoms. The molecule has 0 atom stereocenters. The summed E-state index contributed by atoms with van der Waals surface area (Å²) in [4.78, 5) is 20.8. The molecule has 1 aromatic heterocycles. The summed E-state index contributed by atoms with van der Waals surface area (Å²) in [6, 6.07) is 13.7. The number of urea groups is 1. The van der Waals surface area contributed by atoms with Crippen molar-refractivity contribution < 1.29 is 26.7 Å². The number of likely N-dealkylation sites (tertiary alicyclic amines) is 1. The number of unbranched alkanes of at least 4 members (excludes halogenated alkanes) is 1. The molecular formula is C29H36ClF2N5O4S. The van der Waals surface area contributed by atoms with E-state index in [4.69, 9.17) is 4.74 Å². The van der Waals surface area contributed by atoms with E-state index in [1.165, 1.54) is 23.2 Å². The summed E-state index contributed by atoms with van der Waals surface area (Å²) in [7, 11) is -3.40. The average molecular weight is 624 g/mol. The number of carbonyl (C=O) groups excluding carboxylic acids is 1. The van der Waals surface area contributed by atoms with Gasteiger partial charge in [-0.05, 0) is 61.2 Å². The fraction of sp³-hybridized carbons (Fsp3) is 0.379. The van der Waals surface area contributed by atoms with E-state index >= 15 is 0 Å². The molecule has 9 nitrogen and oxygen atoms in total. The third-order valence-corrected chi connectivity index (χ3v) is 7.27. The molecule has 2 amide bonds. The van der Waals surface area contributed by atoms with Crippen LogP contribution in [0.2, 0.25) is 0 Å². The molecule has 2 heterocycles. The van der Waals surface area contributed by atoms with Gasteiger partial charge in [-0.2, -0.15) is 0 Å². The number of aromatic nitrogens is 1. The van der Waals surface area contributed by atoms with E-state index in [0.29, 0.717) is 24.5 Å². The van der Waals surface area contributed by atoms with Crippen LogP contribution in [0.15, 0.2) is 60.8 Å². The Kier molecular flexibility index (Phi) is 11.9. The number of halogens is 3. The molecule has 3 aromatic rings. The number of hydrogen-bond acceptors (Lipinski definition) is 6. The molecule has 0 bridgehead atoms. The standard InChI is InChI=1S/C29H35F2N5O4S.ClH/c1-3-4-15-36(27-11-7-22(30)18-26(27)31)29(37)33-23-13-16-35(17-14-23)20-21-5-8-24(9-6-21)40-25-10-12-28(32-19-25)34-41(2,38)39;/h5-12,18-19,23H,3-4,13-17,20H2,1-2H3,(H,32,34)(H,33,37);1H. The van der Waals surface area contributed by atoms with Gasteiger partial charge < -0.3 is 10.1 Å². The van der Waals surface area contributed by atoms with Crippen LogP contribution in [0, 0.1) is 11.6 Å². The lowest BCUT2D eigenvalue weighted by molar-refractivity contribution is 0.188. The van der Waals surface area contributed by atoms with Gasteiger partial charge in [0, 0.05) is 38.3 Å². The smallest absolute Gasteiger partial charge is 0.322 e. The van der Waals surface area contributed by atoms with Crippen molar-refractivity contribution in [2.45, 2.75) is 45.2 Å². The number of carbonyl (C=O) groups is 1. The largest absolute Gasteiger partial charge is 0.456 e. The average Bonchev–Trinajstić information content (AvgIpc) is 2.92. The van der Waals surface area contributed by atoms with Crippen molar-refractivity contribution in [2.75, 3.05) is 35.5 Å². The minimum atomic E-state index is -3.40. The van der Waals surface area contributed by atoms with E-state index in [2.05, 4.69) is 19.9 Å². The number of ether oxygens (including phenoxy) is 1. The third kappa shape index (κ3) is 9.81. The number of nitrogens with one attached hydrogen (secondary N) is 2. The van der Waals surface area contributed by atoms with E-state index in [0.717, 1.165) is 62.8 Å². The summed E-state index contributed by atoms with van der Waals surface area (Å²) in [6.07, 6.45) is 5.58. The number of benzene rings is 2. The highest BCUT2D eigenvalue weighted by atomic mass is 35.5. The maximum absolute atomic E-state index is 14.4. The van der Waals surface area contributed by atoms with E-state index < -0.39 is 21.7 Å². The van der Waals surface area contributed by atoms with Gasteiger partial charge >= 0.3 is 6.03 Å². The molecule has 0 unspecified atom stereocenters. The van der Waals surface area contributed by atoms with Crippen LogP contribution in [-0.4, -0.2) is 56.3 Å². The fourth-order valence-electron chi connectivity index (χ4n) is 4.58. The van der Waals surface area contributed by atoms with Crippen LogP contribution in [0.5, 0.6) is 11.5 Å². The van der Waals surface area contributed by atoms with Crippen LogP contribution >= 0.6 is 12.4 Å². The van der Waals surface area contributed by atoms with Crippen molar-refractivity contribution in [1.29, 1.82) is 0 Å². The molecule has 2 N–H and O–H groups in total. The zero-order valence-electron chi connectivity index (χ0n) is 23.6. The number of anilines is 2. The van der Waals surface area contributed by atoms with E-state index in [9.17, 15) is 22.0 Å². The summed E-state index contributed by atoms with van der Waals surface area (Å²) in [6.45, 7) is 4.68. The zero-order valence-corrected chi connectivity index (χ0v) is 25.2. The second kappa shape index (κ2) is 15.1. The quantitative estimate of drug-likeness (QED) is 0.275. The summed E-state index contributed by atoms with van der Waals surface area (Å²) < 4.78 is 58.6. The molecule has 4 rings (SSSR count). The van der Waals surface area contributed by atoms with Crippen molar-refractivity contribution >= 4 is 40.0 Å². The minimum Gasteiger partial charge on any atom is -0.456 e. The lowest BCUT2D eigenvalue weighted by Gasteiger charge is -2.34. The topological polar surface area (TPSA) is 104 Å². The Morgan fingerprint density at radius 1 is 1.07 bits per heavy atom. The van der Waals surface area contributed by atoms with Crippen LogP contribution in [0.1, 0.15) is 38.2 Å². The monoisotopic (exact) mass is 623 g/mol. The molecule has 1 aliphatic rings. The van der Waals surface area contributed by atoms with Gasteiger partial charge in [-0.3, -0.25) is 14.5 Å². The van der Waals surface area contributed by atoms with Crippen LogP contribution in [0.4, 0.5) is 25.1 Å². The molecule has 13 heteroatoms. The van der Waals surface area contributed by atoms with Crippen molar-refractivity contribution in [3.05, 3.63) is 78.0 Å². The Hall–Kier alpha value is -3.48. The first-order chi connectivity index (χ1) is 19.6. The first-order valence-corrected chi connectivity index (χ1v) is 15.4. The van der Waals surface area contributed by atoms with Crippen LogP contribution in [0.3, 0.4) is 0 Å². The van der Waals surface area contributed by atoms with Gasteiger partial charge in [0.2, 0.25) is 10.0 Å². The van der Waals surface area contributed by atoms with Gasteiger partial charge in [-0.15, -0.1) is 12.4 Å². The van der Waals surface area contributed by atoms with Gasteiger partial charge in [-0.1, -0.05) is 25.5 Å². The molecule has 1 saturated heterocycles. The minimum absolute atomic E-state index is 0. The summed E-state index contributed by atoms with van der Waals surface area (Å²) in [5.74, 6) is -0.0968. The molecule has 1 aliphatic heterocycles. The normalized spacial score (nSPS) is 14.1. The Bertz CT molecular complexity index is 1420. The summed E-state index contributed by atoms with van der Waals surface area (Å²) in [5, 5.41) is 3.04.